The second-order valence-electron chi connectivity index (χ2n) is 6.41. The minimum atomic E-state index is -0.990. The molecule has 0 saturated carbocycles. The van der Waals surface area contributed by atoms with Crippen molar-refractivity contribution in [3.63, 3.8) is 0 Å². The monoisotopic (exact) mass is 299 g/mol. The number of nitrogen functional groups attached to an aromatic ring is 1. The van der Waals surface area contributed by atoms with Gasteiger partial charge in [-0.25, -0.2) is 9.48 Å². The Morgan fingerprint density at radius 2 is 1.91 bits per heavy atom. The van der Waals surface area contributed by atoms with Crippen molar-refractivity contribution < 1.29 is 14.7 Å². The Bertz CT molecular complexity index is 773. The third kappa shape index (κ3) is 2.26. The van der Waals surface area contributed by atoms with Crippen molar-refractivity contribution >= 4 is 17.6 Å². The van der Waals surface area contributed by atoms with E-state index in [1.54, 1.807) is 12.1 Å². The summed E-state index contributed by atoms with van der Waals surface area (Å²) in [7, 11) is 0. The lowest BCUT2D eigenvalue weighted by Gasteiger charge is -2.27. The number of nitrogens with zero attached hydrogens (tertiary/aromatic N) is 2. The van der Waals surface area contributed by atoms with Crippen LogP contribution in [0.4, 0.5) is 5.82 Å². The Hall–Kier alpha value is -2.63. The quantitative estimate of drug-likeness (QED) is 0.886. The van der Waals surface area contributed by atoms with E-state index in [1.165, 1.54) is 16.8 Å². The van der Waals surface area contributed by atoms with Crippen LogP contribution in [0.5, 0.6) is 0 Å². The van der Waals surface area contributed by atoms with Crippen LogP contribution in [0, 0.1) is 5.41 Å². The SMILES string of the molecule is CC1(C)CC(=O)c2c(nn(-c3ccc(C(=O)O)cc3)c2N)C1. The minimum Gasteiger partial charge on any atom is -0.478 e. The molecule has 3 rings (SSSR count). The van der Waals surface area contributed by atoms with Crippen LogP contribution in [0.2, 0.25) is 0 Å². The van der Waals surface area contributed by atoms with Gasteiger partial charge in [0.2, 0.25) is 0 Å². The topological polar surface area (TPSA) is 98.2 Å². The van der Waals surface area contributed by atoms with E-state index in [0.717, 1.165) is 0 Å². The molecule has 0 radical (unpaired) electrons. The number of nitrogens with two attached hydrogens (primary N) is 1. The van der Waals surface area contributed by atoms with E-state index in [4.69, 9.17) is 10.8 Å². The maximum atomic E-state index is 12.3. The molecule has 22 heavy (non-hydrogen) atoms. The van der Waals surface area contributed by atoms with Crippen LogP contribution in [0.15, 0.2) is 24.3 Å². The standard InChI is InChI=1S/C16H17N3O3/c1-16(2)7-11-13(12(20)8-16)14(17)19(18-11)10-5-3-9(4-6-10)15(21)22/h3-6H,7-8,17H2,1-2H3,(H,21,22). The van der Waals surface area contributed by atoms with Crippen LogP contribution in [-0.4, -0.2) is 26.6 Å². The highest BCUT2D eigenvalue weighted by molar-refractivity contribution is 6.02. The van der Waals surface area contributed by atoms with Crippen LogP contribution in [-0.2, 0) is 6.42 Å². The number of aromatic nitrogens is 2. The normalized spacial score (nSPS) is 16.4. The van der Waals surface area contributed by atoms with Gasteiger partial charge in [0, 0.05) is 6.42 Å². The molecule has 3 N–H and O–H groups in total. The number of benzene rings is 1. The van der Waals surface area contributed by atoms with Crippen LogP contribution >= 0.6 is 0 Å². The number of hydrogen-bond donors (Lipinski definition) is 2. The first kappa shape index (κ1) is 14.3. The van der Waals surface area contributed by atoms with E-state index in [1.807, 2.05) is 13.8 Å². The number of rotatable bonds is 2. The van der Waals surface area contributed by atoms with Crippen molar-refractivity contribution in [2.75, 3.05) is 5.73 Å². The molecule has 0 spiro atoms. The van der Waals surface area contributed by atoms with Crippen molar-refractivity contribution in [1.29, 1.82) is 0 Å². The zero-order valence-electron chi connectivity index (χ0n) is 12.5. The predicted octanol–water partition coefficient (Wildman–Crippen LogP) is 2.31. The van der Waals surface area contributed by atoms with Gasteiger partial charge in [0.15, 0.2) is 5.78 Å². The smallest absolute Gasteiger partial charge is 0.335 e. The first-order valence-corrected chi connectivity index (χ1v) is 7.03. The maximum absolute atomic E-state index is 12.3. The van der Waals surface area contributed by atoms with Gasteiger partial charge in [0.25, 0.3) is 0 Å². The molecule has 0 amide bonds. The highest BCUT2D eigenvalue weighted by atomic mass is 16.4. The number of Topliss-reactive ketones (excluding diaryl/α,β-unsaturated/α-hetero) is 1. The Labute approximate surface area is 127 Å². The Morgan fingerprint density at radius 3 is 2.50 bits per heavy atom. The number of ketones is 1. The molecule has 1 aliphatic carbocycles. The summed E-state index contributed by atoms with van der Waals surface area (Å²) < 4.78 is 1.51. The summed E-state index contributed by atoms with van der Waals surface area (Å²) in [4.78, 5) is 23.2. The van der Waals surface area contributed by atoms with Gasteiger partial charge in [-0.3, -0.25) is 4.79 Å². The highest BCUT2D eigenvalue weighted by Gasteiger charge is 2.35. The van der Waals surface area contributed by atoms with Gasteiger partial charge in [0.1, 0.15) is 5.82 Å². The minimum absolute atomic E-state index is 0.0113. The fourth-order valence-corrected chi connectivity index (χ4v) is 2.89. The summed E-state index contributed by atoms with van der Waals surface area (Å²) in [6.07, 6.45) is 1.15. The van der Waals surface area contributed by atoms with E-state index in [9.17, 15) is 9.59 Å². The number of aromatic carboxylic acids is 1. The lowest BCUT2D eigenvalue weighted by atomic mass is 9.76. The van der Waals surface area contributed by atoms with Gasteiger partial charge in [-0.2, -0.15) is 5.10 Å². The summed E-state index contributed by atoms with van der Waals surface area (Å²) in [5.41, 5.74) is 8.02. The highest BCUT2D eigenvalue weighted by Crippen LogP contribution is 2.37. The third-order valence-corrected chi connectivity index (χ3v) is 3.92. The number of carbonyl (C=O) groups is 2. The van der Waals surface area contributed by atoms with Gasteiger partial charge in [-0.05, 0) is 36.1 Å². The Morgan fingerprint density at radius 1 is 1.27 bits per heavy atom. The van der Waals surface area contributed by atoms with Gasteiger partial charge < -0.3 is 10.8 Å². The number of anilines is 1. The lowest BCUT2D eigenvalue weighted by molar-refractivity contribution is 0.0696. The van der Waals surface area contributed by atoms with E-state index >= 15 is 0 Å². The molecule has 0 unspecified atom stereocenters. The summed E-state index contributed by atoms with van der Waals surface area (Å²) in [6.45, 7) is 4.06. The second-order valence-corrected chi connectivity index (χ2v) is 6.41. The molecule has 0 fully saturated rings. The number of carboxylic acids is 1. The molecule has 1 aromatic heterocycles. The molecular weight excluding hydrogens is 282 g/mol. The van der Waals surface area contributed by atoms with Crippen molar-refractivity contribution in [2.24, 2.45) is 5.41 Å². The third-order valence-electron chi connectivity index (χ3n) is 3.92. The van der Waals surface area contributed by atoms with Crippen molar-refractivity contribution in [3.05, 3.63) is 41.1 Å². The summed E-state index contributed by atoms with van der Waals surface area (Å²) in [5.74, 6) is -0.660. The van der Waals surface area contributed by atoms with Gasteiger partial charge >= 0.3 is 5.97 Å². The lowest BCUT2D eigenvalue weighted by Crippen LogP contribution is -2.26. The zero-order chi connectivity index (χ0) is 16.1. The second kappa shape index (κ2) is 4.69. The number of hydrogen-bond acceptors (Lipinski definition) is 4. The van der Waals surface area contributed by atoms with E-state index in [-0.39, 0.29) is 16.8 Å². The van der Waals surface area contributed by atoms with Gasteiger partial charge in [0.05, 0.1) is 22.5 Å². The molecule has 1 aromatic carbocycles. The van der Waals surface area contributed by atoms with Crippen molar-refractivity contribution in [3.8, 4) is 5.69 Å². The number of fused-ring (bicyclic) bond motifs is 1. The fourth-order valence-electron chi connectivity index (χ4n) is 2.89. The summed E-state index contributed by atoms with van der Waals surface area (Å²) >= 11 is 0. The van der Waals surface area contributed by atoms with Crippen LogP contribution in [0.1, 0.15) is 46.7 Å². The number of carboxylic acid groups (broad SMARTS) is 1. The van der Waals surface area contributed by atoms with E-state index in [0.29, 0.717) is 35.6 Å². The largest absolute Gasteiger partial charge is 0.478 e. The molecule has 6 nitrogen and oxygen atoms in total. The van der Waals surface area contributed by atoms with E-state index in [2.05, 4.69) is 5.10 Å². The van der Waals surface area contributed by atoms with Crippen LogP contribution < -0.4 is 5.73 Å². The van der Waals surface area contributed by atoms with Crippen LogP contribution in [0.3, 0.4) is 0 Å². The zero-order valence-corrected chi connectivity index (χ0v) is 12.5. The average molecular weight is 299 g/mol. The van der Waals surface area contributed by atoms with Crippen molar-refractivity contribution in [1.82, 2.24) is 9.78 Å². The summed E-state index contributed by atoms with van der Waals surface area (Å²) in [6, 6.07) is 6.24. The molecule has 1 aliphatic rings. The maximum Gasteiger partial charge on any atom is 0.335 e. The van der Waals surface area contributed by atoms with Gasteiger partial charge in [-0.15, -0.1) is 0 Å². The average Bonchev–Trinajstić information content (AvgIpc) is 2.74. The van der Waals surface area contributed by atoms with Gasteiger partial charge in [-0.1, -0.05) is 13.8 Å². The Balaban J connectivity index is 2.07. The first-order chi connectivity index (χ1) is 10.3. The van der Waals surface area contributed by atoms with Crippen LogP contribution in [0.25, 0.3) is 5.69 Å². The number of carbonyl (C=O) groups excluding carboxylic acids is 1. The molecule has 0 aliphatic heterocycles. The molecule has 6 heteroatoms. The summed E-state index contributed by atoms with van der Waals surface area (Å²) in [5, 5.41) is 13.4. The van der Waals surface area contributed by atoms with Crippen molar-refractivity contribution in [2.45, 2.75) is 26.7 Å². The first-order valence-electron chi connectivity index (χ1n) is 7.03. The molecule has 0 atom stereocenters. The molecule has 114 valence electrons. The molecular formula is C16H17N3O3. The molecule has 0 bridgehead atoms. The molecule has 2 aromatic rings. The molecule has 0 saturated heterocycles. The predicted molar refractivity (Wildman–Crippen MR) is 81.4 cm³/mol. The molecule has 1 heterocycles. The van der Waals surface area contributed by atoms with E-state index < -0.39 is 5.97 Å². The fraction of sp³-hybridized carbons (Fsp3) is 0.312. The Kier molecular flexibility index (Phi) is 3.05.